The number of unbranched alkanes of at least 4 members (excludes halogenated alkanes) is 3. The van der Waals surface area contributed by atoms with Crippen molar-refractivity contribution in [3.05, 3.63) is 0 Å². The van der Waals surface area contributed by atoms with E-state index >= 15 is 0 Å². The van der Waals surface area contributed by atoms with Gasteiger partial charge in [0.05, 0.1) is 25.8 Å². The molecule has 0 aromatic rings. The zero-order valence-electron chi connectivity index (χ0n) is 8.74. The number of ether oxygens (including phenoxy) is 1. The van der Waals surface area contributed by atoms with Crippen LogP contribution in [-0.2, 0) is 4.74 Å². The normalized spacial score (nSPS) is 16.6. The van der Waals surface area contributed by atoms with Gasteiger partial charge in [-0.15, -0.1) is 0 Å². The van der Waals surface area contributed by atoms with Crippen molar-refractivity contribution in [2.75, 3.05) is 19.7 Å². The SMILES string of the molecule is CCCCCCOC(=O)N1CC(O)C1. The fraction of sp³-hybridized carbons (Fsp3) is 0.900. The molecule has 0 aromatic heterocycles. The van der Waals surface area contributed by atoms with E-state index in [0.717, 1.165) is 12.8 Å². The molecular formula is C10H19NO3. The number of β-amino-alcohol motifs (C(OH)–C–C–N with tert-alkyl or cyclic N) is 1. The molecule has 1 rings (SSSR count). The first-order valence-corrected chi connectivity index (χ1v) is 5.33. The minimum atomic E-state index is -0.345. The molecule has 0 unspecified atom stereocenters. The van der Waals surface area contributed by atoms with Crippen LogP contribution in [0, 0.1) is 0 Å². The van der Waals surface area contributed by atoms with Crippen molar-refractivity contribution in [2.45, 2.75) is 38.7 Å². The van der Waals surface area contributed by atoms with Crippen molar-refractivity contribution in [3.63, 3.8) is 0 Å². The fourth-order valence-corrected chi connectivity index (χ4v) is 1.38. The molecule has 14 heavy (non-hydrogen) atoms. The molecule has 1 heterocycles. The molecule has 0 spiro atoms. The van der Waals surface area contributed by atoms with E-state index in [0.29, 0.717) is 19.7 Å². The molecule has 1 aliphatic heterocycles. The summed E-state index contributed by atoms with van der Waals surface area (Å²) in [5, 5.41) is 8.96. The molecule has 0 aromatic carbocycles. The van der Waals surface area contributed by atoms with Crippen molar-refractivity contribution in [3.8, 4) is 0 Å². The molecular weight excluding hydrogens is 182 g/mol. The van der Waals surface area contributed by atoms with Crippen LogP contribution in [0.3, 0.4) is 0 Å². The highest BCUT2D eigenvalue weighted by molar-refractivity contribution is 5.68. The van der Waals surface area contributed by atoms with Crippen LogP contribution in [0.5, 0.6) is 0 Å². The van der Waals surface area contributed by atoms with Gasteiger partial charge >= 0.3 is 6.09 Å². The first-order valence-electron chi connectivity index (χ1n) is 5.33. The van der Waals surface area contributed by atoms with E-state index in [9.17, 15) is 4.79 Å². The molecule has 1 amide bonds. The van der Waals surface area contributed by atoms with Gasteiger partial charge in [0.25, 0.3) is 0 Å². The lowest BCUT2D eigenvalue weighted by Crippen LogP contribution is -2.53. The molecule has 1 saturated heterocycles. The van der Waals surface area contributed by atoms with Gasteiger partial charge in [-0.05, 0) is 6.42 Å². The molecule has 1 N–H and O–H groups in total. The predicted octanol–water partition coefficient (Wildman–Crippen LogP) is 1.38. The van der Waals surface area contributed by atoms with Gasteiger partial charge in [0.15, 0.2) is 0 Å². The lowest BCUT2D eigenvalue weighted by molar-refractivity contribution is -0.00227. The maximum atomic E-state index is 11.2. The van der Waals surface area contributed by atoms with Crippen LogP contribution >= 0.6 is 0 Å². The van der Waals surface area contributed by atoms with Gasteiger partial charge in [0, 0.05) is 0 Å². The number of hydrogen-bond acceptors (Lipinski definition) is 3. The van der Waals surface area contributed by atoms with E-state index in [1.54, 1.807) is 0 Å². The van der Waals surface area contributed by atoms with E-state index in [-0.39, 0.29) is 12.2 Å². The van der Waals surface area contributed by atoms with E-state index < -0.39 is 0 Å². The maximum absolute atomic E-state index is 11.2. The number of carbonyl (C=O) groups is 1. The van der Waals surface area contributed by atoms with Crippen LogP contribution in [0.4, 0.5) is 4.79 Å². The number of nitrogens with zero attached hydrogens (tertiary/aromatic N) is 1. The molecule has 0 aliphatic carbocycles. The van der Waals surface area contributed by atoms with Crippen LogP contribution in [0.2, 0.25) is 0 Å². The van der Waals surface area contributed by atoms with Crippen molar-refractivity contribution in [2.24, 2.45) is 0 Å². The molecule has 1 fully saturated rings. The monoisotopic (exact) mass is 201 g/mol. The topological polar surface area (TPSA) is 49.8 Å². The average Bonchev–Trinajstić information content (AvgIpc) is 2.12. The van der Waals surface area contributed by atoms with Gasteiger partial charge in [-0.3, -0.25) is 0 Å². The Morgan fingerprint density at radius 2 is 2.14 bits per heavy atom. The fourth-order valence-electron chi connectivity index (χ4n) is 1.38. The van der Waals surface area contributed by atoms with Gasteiger partial charge in [-0.25, -0.2) is 4.79 Å². The van der Waals surface area contributed by atoms with Gasteiger partial charge in [-0.1, -0.05) is 26.2 Å². The standard InChI is InChI=1S/C10H19NO3/c1-2-3-4-5-6-14-10(13)11-7-9(12)8-11/h9,12H,2-8H2,1H3. The molecule has 0 bridgehead atoms. The Bertz CT molecular complexity index is 178. The minimum Gasteiger partial charge on any atom is -0.449 e. The summed E-state index contributed by atoms with van der Waals surface area (Å²) in [7, 11) is 0. The molecule has 4 nitrogen and oxygen atoms in total. The van der Waals surface area contributed by atoms with Gasteiger partial charge in [-0.2, -0.15) is 0 Å². The van der Waals surface area contributed by atoms with Crippen molar-refractivity contribution >= 4 is 6.09 Å². The quantitative estimate of drug-likeness (QED) is 0.684. The van der Waals surface area contributed by atoms with E-state index in [4.69, 9.17) is 9.84 Å². The minimum absolute atomic E-state index is 0.285. The van der Waals surface area contributed by atoms with Crippen LogP contribution in [0.1, 0.15) is 32.6 Å². The first-order chi connectivity index (χ1) is 6.74. The van der Waals surface area contributed by atoms with Crippen molar-refractivity contribution in [1.29, 1.82) is 0 Å². The highest BCUT2D eigenvalue weighted by Crippen LogP contribution is 2.09. The third kappa shape index (κ3) is 3.54. The Balaban J connectivity index is 1.93. The number of hydrogen-bond donors (Lipinski definition) is 1. The van der Waals surface area contributed by atoms with Gasteiger partial charge in [0.1, 0.15) is 0 Å². The van der Waals surface area contributed by atoms with Gasteiger partial charge < -0.3 is 14.7 Å². The number of aliphatic hydroxyl groups excluding tert-OH is 1. The average molecular weight is 201 g/mol. The summed E-state index contributed by atoms with van der Waals surface area (Å²) in [4.78, 5) is 12.7. The number of rotatable bonds is 5. The maximum Gasteiger partial charge on any atom is 0.409 e. The Kier molecular flexibility index (Phi) is 4.73. The second kappa shape index (κ2) is 5.86. The zero-order chi connectivity index (χ0) is 10.4. The second-order valence-electron chi connectivity index (χ2n) is 3.73. The lowest BCUT2D eigenvalue weighted by Gasteiger charge is -2.34. The summed E-state index contributed by atoms with van der Waals surface area (Å²) >= 11 is 0. The molecule has 0 radical (unpaired) electrons. The van der Waals surface area contributed by atoms with E-state index in [1.165, 1.54) is 17.7 Å². The van der Waals surface area contributed by atoms with Crippen LogP contribution in [0.25, 0.3) is 0 Å². The summed E-state index contributed by atoms with van der Waals surface area (Å²) in [6.07, 6.45) is 3.81. The second-order valence-corrected chi connectivity index (χ2v) is 3.73. The van der Waals surface area contributed by atoms with Crippen LogP contribution < -0.4 is 0 Å². The smallest absolute Gasteiger partial charge is 0.409 e. The number of likely N-dealkylation sites (tertiary alicyclic amines) is 1. The molecule has 4 heteroatoms. The number of carbonyl (C=O) groups excluding carboxylic acids is 1. The largest absolute Gasteiger partial charge is 0.449 e. The van der Waals surface area contributed by atoms with Crippen LogP contribution in [0.15, 0.2) is 0 Å². The highest BCUT2D eigenvalue weighted by atomic mass is 16.6. The predicted molar refractivity (Wildman–Crippen MR) is 53.1 cm³/mol. The van der Waals surface area contributed by atoms with Crippen molar-refractivity contribution < 1.29 is 14.6 Å². The molecule has 0 saturated carbocycles. The molecule has 0 atom stereocenters. The zero-order valence-corrected chi connectivity index (χ0v) is 8.74. The number of aliphatic hydroxyl groups is 1. The highest BCUT2D eigenvalue weighted by Gasteiger charge is 2.29. The van der Waals surface area contributed by atoms with E-state index in [2.05, 4.69) is 6.92 Å². The summed E-state index contributed by atoms with van der Waals surface area (Å²) in [5.74, 6) is 0. The summed E-state index contributed by atoms with van der Waals surface area (Å²) in [6, 6.07) is 0. The number of amides is 1. The Labute approximate surface area is 84.8 Å². The third-order valence-corrected chi connectivity index (χ3v) is 2.34. The molecule has 1 aliphatic rings. The third-order valence-electron chi connectivity index (χ3n) is 2.34. The summed E-state index contributed by atoms with van der Waals surface area (Å²) in [5.41, 5.74) is 0. The van der Waals surface area contributed by atoms with Crippen LogP contribution in [-0.4, -0.2) is 41.9 Å². The Morgan fingerprint density at radius 1 is 1.43 bits per heavy atom. The first kappa shape index (κ1) is 11.3. The van der Waals surface area contributed by atoms with Crippen molar-refractivity contribution in [1.82, 2.24) is 4.90 Å². The summed E-state index contributed by atoms with van der Waals surface area (Å²) in [6.45, 7) is 3.50. The summed E-state index contributed by atoms with van der Waals surface area (Å²) < 4.78 is 5.02. The van der Waals surface area contributed by atoms with Gasteiger partial charge in [0.2, 0.25) is 0 Å². The Morgan fingerprint density at radius 3 is 2.71 bits per heavy atom. The Hall–Kier alpha value is -0.770. The lowest BCUT2D eigenvalue weighted by atomic mass is 10.2. The van der Waals surface area contributed by atoms with E-state index in [1.807, 2.05) is 0 Å². The molecule has 82 valence electrons.